The van der Waals surface area contributed by atoms with Crippen LogP contribution in [-0.4, -0.2) is 12.6 Å². The van der Waals surface area contributed by atoms with E-state index >= 15 is 0 Å². The first kappa shape index (κ1) is 15.0. The summed E-state index contributed by atoms with van der Waals surface area (Å²) in [7, 11) is 0. The van der Waals surface area contributed by atoms with E-state index < -0.39 is 0 Å². The molecular formula is C10H22NV-. The third-order valence-electron chi connectivity index (χ3n) is 2.22. The Balaban J connectivity index is 0. The van der Waals surface area contributed by atoms with Gasteiger partial charge in [-0.15, -0.1) is 12.6 Å². The van der Waals surface area contributed by atoms with Crippen LogP contribution in [0.15, 0.2) is 0 Å². The van der Waals surface area contributed by atoms with Gasteiger partial charge in [0.25, 0.3) is 0 Å². The second-order valence-electron chi connectivity index (χ2n) is 4.01. The zero-order chi connectivity index (χ0) is 8.85. The summed E-state index contributed by atoms with van der Waals surface area (Å²) in [5.41, 5.74) is 0. The number of nitrogens with zero attached hydrogens (tertiary/aromatic N) is 1. The molecule has 0 spiro atoms. The van der Waals surface area contributed by atoms with E-state index in [4.69, 9.17) is 0 Å². The Morgan fingerprint density at radius 1 is 1.00 bits per heavy atom. The van der Waals surface area contributed by atoms with Crippen LogP contribution in [0.25, 0.3) is 5.32 Å². The van der Waals surface area contributed by atoms with Gasteiger partial charge in [-0.2, -0.15) is 0 Å². The van der Waals surface area contributed by atoms with Crippen molar-refractivity contribution in [3.05, 3.63) is 5.32 Å². The number of rotatable bonds is 5. The van der Waals surface area contributed by atoms with Gasteiger partial charge in [-0.25, -0.2) is 0 Å². The molecule has 0 heterocycles. The maximum Gasteiger partial charge on any atom is 0 e. The predicted octanol–water partition coefficient (Wildman–Crippen LogP) is 3.45. The maximum atomic E-state index is 4.45. The molecule has 1 radical (unpaired) electrons. The van der Waals surface area contributed by atoms with Gasteiger partial charge in [0.15, 0.2) is 0 Å². The fraction of sp³-hybridized carbons (Fsp3) is 1.00. The zero-order valence-electron chi connectivity index (χ0n) is 9.04. The van der Waals surface area contributed by atoms with Crippen molar-refractivity contribution in [2.24, 2.45) is 11.8 Å². The molecular weight excluding hydrogens is 185 g/mol. The minimum Gasteiger partial charge on any atom is -0.660 e. The van der Waals surface area contributed by atoms with E-state index in [1.165, 1.54) is 6.42 Å². The molecule has 0 saturated carbocycles. The third kappa shape index (κ3) is 8.64. The molecule has 0 aromatic carbocycles. The Bertz CT molecular complexity index is 91.8. The number of hydrogen-bond donors (Lipinski definition) is 0. The normalized spacial score (nSPS) is 13.2. The quantitative estimate of drug-likeness (QED) is 0.655. The average molecular weight is 207 g/mol. The van der Waals surface area contributed by atoms with E-state index in [0.717, 1.165) is 18.4 Å². The summed E-state index contributed by atoms with van der Waals surface area (Å²) >= 11 is 0. The molecule has 0 N–H and O–H groups in total. The summed E-state index contributed by atoms with van der Waals surface area (Å²) < 4.78 is 0. The van der Waals surface area contributed by atoms with E-state index in [2.05, 4.69) is 39.9 Å². The van der Waals surface area contributed by atoms with Crippen LogP contribution in [0.2, 0.25) is 0 Å². The van der Waals surface area contributed by atoms with Crippen LogP contribution in [0.1, 0.15) is 41.0 Å². The molecule has 0 saturated heterocycles. The van der Waals surface area contributed by atoms with E-state index in [9.17, 15) is 0 Å². The smallest absolute Gasteiger partial charge is 0 e. The summed E-state index contributed by atoms with van der Waals surface area (Å²) in [6.07, 6.45) is 1.25. The van der Waals surface area contributed by atoms with E-state index in [0.29, 0.717) is 6.04 Å². The first-order chi connectivity index (χ1) is 5.04. The van der Waals surface area contributed by atoms with Crippen molar-refractivity contribution in [3.63, 3.8) is 0 Å². The molecule has 73 valence electrons. The van der Waals surface area contributed by atoms with Crippen LogP contribution in [0.4, 0.5) is 0 Å². The van der Waals surface area contributed by atoms with Crippen molar-refractivity contribution in [2.75, 3.05) is 6.54 Å². The van der Waals surface area contributed by atoms with Crippen LogP contribution in [0.3, 0.4) is 0 Å². The van der Waals surface area contributed by atoms with Crippen molar-refractivity contribution in [1.82, 2.24) is 0 Å². The molecule has 1 unspecified atom stereocenters. The molecule has 1 nitrogen and oxygen atoms in total. The van der Waals surface area contributed by atoms with Gasteiger partial charge in [-0.05, 0) is 11.8 Å². The fourth-order valence-corrected chi connectivity index (χ4v) is 0.870. The van der Waals surface area contributed by atoms with E-state index in [1.54, 1.807) is 0 Å². The second kappa shape index (κ2) is 8.16. The largest absolute Gasteiger partial charge is 0.660 e. The Morgan fingerprint density at radius 2 is 1.50 bits per heavy atom. The molecule has 0 aliphatic heterocycles. The van der Waals surface area contributed by atoms with Gasteiger partial charge < -0.3 is 5.32 Å². The summed E-state index contributed by atoms with van der Waals surface area (Å²) in [5.74, 6) is 1.62. The first-order valence-electron chi connectivity index (χ1n) is 4.70. The van der Waals surface area contributed by atoms with Crippen molar-refractivity contribution in [2.45, 2.75) is 47.1 Å². The molecule has 1 atom stereocenters. The summed E-state index contributed by atoms with van der Waals surface area (Å²) in [6, 6.07) is 0.509. The zero-order valence-corrected chi connectivity index (χ0v) is 10.4. The molecule has 0 bridgehead atoms. The molecule has 12 heavy (non-hydrogen) atoms. The van der Waals surface area contributed by atoms with Crippen molar-refractivity contribution >= 4 is 0 Å². The molecule has 0 aliphatic carbocycles. The average Bonchev–Trinajstić information content (AvgIpc) is 1.86. The van der Waals surface area contributed by atoms with Gasteiger partial charge in [-0.3, -0.25) is 0 Å². The molecule has 0 amide bonds. The van der Waals surface area contributed by atoms with Gasteiger partial charge in [0.2, 0.25) is 0 Å². The second-order valence-corrected chi connectivity index (χ2v) is 4.01. The van der Waals surface area contributed by atoms with Crippen molar-refractivity contribution in [3.8, 4) is 0 Å². The van der Waals surface area contributed by atoms with Gasteiger partial charge in [-0.1, -0.05) is 41.0 Å². The van der Waals surface area contributed by atoms with Crippen molar-refractivity contribution in [1.29, 1.82) is 0 Å². The molecule has 2 heteroatoms. The van der Waals surface area contributed by atoms with Crippen LogP contribution in [0, 0.1) is 11.8 Å². The van der Waals surface area contributed by atoms with Crippen LogP contribution < -0.4 is 0 Å². The fourth-order valence-electron chi connectivity index (χ4n) is 0.870. The van der Waals surface area contributed by atoms with Gasteiger partial charge in [0.1, 0.15) is 0 Å². The molecule has 0 aliphatic rings. The van der Waals surface area contributed by atoms with Gasteiger partial charge in [0, 0.05) is 18.6 Å². The number of hydrogen-bond acceptors (Lipinski definition) is 0. The Labute approximate surface area is 89.6 Å². The standard InChI is InChI=1S/C10H22N.V/c1-8(2)10(5)6-7-11-9(3)4;/h8-10H,6-7H2,1-5H3;/q-1;. The molecule has 0 aromatic rings. The Kier molecular flexibility index (Phi) is 10.2. The van der Waals surface area contributed by atoms with Crippen LogP contribution in [-0.2, 0) is 18.6 Å². The molecule has 0 fully saturated rings. The van der Waals surface area contributed by atoms with E-state index in [-0.39, 0.29) is 18.6 Å². The van der Waals surface area contributed by atoms with Crippen LogP contribution >= 0.6 is 0 Å². The topological polar surface area (TPSA) is 14.1 Å². The van der Waals surface area contributed by atoms with Gasteiger partial charge >= 0.3 is 0 Å². The minimum absolute atomic E-state index is 0. The summed E-state index contributed by atoms with van der Waals surface area (Å²) in [6.45, 7) is 12.2. The summed E-state index contributed by atoms with van der Waals surface area (Å²) in [4.78, 5) is 0. The SMILES string of the molecule is CC(C)[N-]CCC(C)C(C)C.[V]. The Morgan fingerprint density at radius 3 is 1.83 bits per heavy atom. The predicted molar refractivity (Wildman–Crippen MR) is 52.0 cm³/mol. The molecule has 0 rings (SSSR count). The maximum absolute atomic E-state index is 4.45. The molecule has 0 aromatic heterocycles. The summed E-state index contributed by atoms with van der Waals surface area (Å²) in [5, 5.41) is 4.45. The van der Waals surface area contributed by atoms with Crippen LogP contribution in [0.5, 0.6) is 0 Å². The van der Waals surface area contributed by atoms with E-state index in [1.807, 2.05) is 0 Å². The third-order valence-corrected chi connectivity index (χ3v) is 2.22. The van der Waals surface area contributed by atoms with Crippen molar-refractivity contribution < 1.29 is 18.6 Å². The minimum atomic E-state index is 0. The van der Waals surface area contributed by atoms with Gasteiger partial charge in [0.05, 0.1) is 0 Å². The monoisotopic (exact) mass is 207 g/mol. The first-order valence-corrected chi connectivity index (χ1v) is 4.70. The Hall–Kier alpha value is 0.544.